The van der Waals surface area contributed by atoms with Crippen molar-refractivity contribution in [2.45, 2.75) is 62.7 Å². The summed E-state index contributed by atoms with van der Waals surface area (Å²) in [6, 6.07) is 37.5. The average molecular weight is 847 g/mol. The average Bonchev–Trinajstić information content (AvgIpc) is 4.08. The zero-order valence-corrected chi connectivity index (χ0v) is 35.5. The first-order chi connectivity index (χ1) is 30.0. The number of nitrogens with zero attached hydrogens (tertiary/aromatic N) is 6. The van der Waals surface area contributed by atoms with Gasteiger partial charge in [-0.25, -0.2) is 9.36 Å². The molecule has 10 rings (SSSR count). The van der Waals surface area contributed by atoms with Crippen molar-refractivity contribution in [2.75, 3.05) is 11.5 Å². The monoisotopic (exact) mass is 846 g/mol. The predicted molar refractivity (Wildman–Crippen MR) is 238 cm³/mol. The zero-order valence-electron chi connectivity index (χ0n) is 34.5. The largest absolute Gasteiger partial charge is 0.432 e. The van der Waals surface area contributed by atoms with Crippen LogP contribution in [-0.2, 0) is 28.2 Å². The number of amides is 1. The minimum absolute atomic E-state index is 0.125. The molecule has 5 aromatic carbocycles. The fraction of sp³-hybridized carbons (Fsp3) is 0.255. The van der Waals surface area contributed by atoms with Gasteiger partial charge in [0.2, 0.25) is 0 Å². The molecule has 0 aliphatic carbocycles. The number of rotatable bonds is 11. The number of fused-ring (bicyclic) bond motifs is 4. The number of aliphatic hydroxyl groups is 1. The molecule has 3 aromatic heterocycles. The van der Waals surface area contributed by atoms with Crippen LogP contribution in [0.4, 0.5) is 5.69 Å². The lowest BCUT2D eigenvalue weighted by Crippen LogP contribution is -2.46. The van der Waals surface area contributed by atoms with Crippen LogP contribution in [0.25, 0.3) is 33.2 Å². The van der Waals surface area contributed by atoms with Gasteiger partial charge in [0.1, 0.15) is 0 Å². The van der Waals surface area contributed by atoms with Crippen molar-refractivity contribution >= 4 is 41.7 Å². The van der Waals surface area contributed by atoms with Gasteiger partial charge in [0.05, 0.1) is 69.7 Å². The highest BCUT2D eigenvalue weighted by molar-refractivity contribution is 6.71. The van der Waals surface area contributed by atoms with Crippen LogP contribution in [0.15, 0.2) is 137 Å². The second-order valence-corrected chi connectivity index (χ2v) is 21.0. The third-order valence-corrected chi connectivity index (χ3v) is 15.4. The molecule has 1 saturated heterocycles. The number of aryl methyl sites for hydroxylation is 1. The summed E-state index contributed by atoms with van der Waals surface area (Å²) in [6.07, 6.45) is 1.74. The molecular weight excluding hydrogens is 801 g/mol. The summed E-state index contributed by atoms with van der Waals surface area (Å²) in [5.74, 6) is -1.04. The van der Waals surface area contributed by atoms with E-state index in [1.165, 1.54) is 9.36 Å². The highest BCUT2D eigenvalue weighted by Gasteiger charge is 2.66. The second-order valence-electron chi connectivity index (χ2n) is 17.1. The number of anilines is 1. The molecule has 2 aliphatic rings. The van der Waals surface area contributed by atoms with E-state index in [1.54, 1.807) is 21.7 Å². The molecule has 2 aliphatic heterocycles. The summed E-state index contributed by atoms with van der Waals surface area (Å²) < 4.78 is 11.9. The summed E-state index contributed by atoms with van der Waals surface area (Å²) in [7, 11) is -3.02. The number of carbonyl (C=O) groups is 1. The molecule has 0 radical (unpaired) electrons. The second kappa shape index (κ2) is 15.1. The van der Waals surface area contributed by atoms with Crippen LogP contribution in [0.5, 0.6) is 0 Å². The molecule has 5 atom stereocenters. The summed E-state index contributed by atoms with van der Waals surface area (Å²) >= 11 is 0. The van der Waals surface area contributed by atoms with Gasteiger partial charge in [-0.05, 0) is 85.2 Å². The van der Waals surface area contributed by atoms with Gasteiger partial charge in [-0.15, -0.1) is 5.10 Å². The number of para-hydroxylation sites is 2. The molecule has 0 saturated carbocycles. The lowest BCUT2D eigenvalue weighted by Gasteiger charge is -2.32. The van der Waals surface area contributed by atoms with E-state index in [4.69, 9.17) is 4.74 Å². The Morgan fingerprint density at radius 3 is 2.05 bits per heavy atom. The highest BCUT2D eigenvalue weighted by Crippen LogP contribution is 2.60. The molecule has 1 unspecified atom stereocenters. The molecule has 1 spiro atoms. The van der Waals surface area contributed by atoms with E-state index in [2.05, 4.69) is 20.5 Å². The number of H-pyrrole nitrogens is 2. The van der Waals surface area contributed by atoms with Crippen LogP contribution in [0.1, 0.15) is 41.6 Å². The van der Waals surface area contributed by atoms with Crippen molar-refractivity contribution in [3.8, 4) is 11.4 Å². The Kier molecular flexibility index (Phi) is 9.59. The first-order valence-corrected chi connectivity index (χ1v) is 23.9. The molecule has 1 amide bonds. The molecule has 4 N–H and O–H groups in total. The van der Waals surface area contributed by atoms with Gasteiger partial charge in [-0.1, -0.05) is 78.9 Å². The Morgan fingerprint density at radius 1 is 0.806 bits per heavy atom. The molecule has 8 aromatic rings. The van der Waals surface area contributed by atoms with E-state index in [9.17, 15) is 19.5 Å². The summed E-state index contributed by atoms with van der Waals surface area (Å²) in [4.78, 5) is 56.0. The fourth-order valence-corrected chi connectivity index (χ4v) is 12.5. The minimum Gasteiger partial charge on any atom is -0.432 e. The van der Waals surface area contributed by atoms with Crippen LogP contribution in [0, 0.1) is 5.92 Å². The minimum atomic E-state index is -3.02. The number of carbonyl (C=O) groups excluding carboxylic acids is 1. The van der Waals surface area contributed by atoms with E-state index in [0.29, 0.717) is 57.6 Å². The number of nitrogens with one attached hydrogen (secondary N) is 2. The molecule has 0 bridgehead atoms. The van der Waals surface area contributed by atoms with Gasteiger partial charge in [0, 0.05) is 29.8 Å². The fourth-order valence-electron chi connectivity index (χ4n) is 9.94. The molecule has 62 heavy (non-hydrogen) atoms. The van der Waals surface area contributed by atoms with Crippen molar-refractivity contribution in [3.63, 3.8) is 0 Å². The van der Waals surface area contributed by atoms with Gasteiger partial charge >= 0.3 is 0 Å². The Hall–Kier alpha value is -6.65. The van der Waals surface area contributed by atoms with E-state index >= 15 is 4.79 Å². The predicted octanol–water partition coefficient (Wildman–Crippen LogP) is 6.10. The SMILES string of the molecule is C[C@H]1[C@H]([Si](C)(C)O)[C@@H](CCn2cc(C(CO)c3ccccc3)nn2)O[C@]12C(=O)N(Cc1ccc(-n3[nH]c4ccccc4c3=O)cc1)c1ccc(-n3[nH]c4ccccc4c3=O)cc12. The quantitative estimate of drug-likeness (QED) is 0.113. The van der Waals surface area contributed by atoms with Gasteiger partial charge in [0.15, 0.2) is 13.9 Å². The Bertz CT molecular complexity index is 3090. The van der Waals surface area contributed by atoms with Gasteiger partial charge < -0.3 is 19.5 Å². The smallest absolute Gasteiger partial charge is 0.279 e. The molecule has 5 heterocycles. The van der Waals surface area contributed by atoms with Gasteiger partial charge in [-0.3, -0.25) is 29.3 Å². The molecule has 14 nitrogen and oxygen atoms in total. The van der Waals surface area contributed by atoms with E-state index in [-0.39, 0.29) is 41.6 Å². The maximum atomic E-state index is 15.4. The highest BCUT2D eigenvalue weighted by atomic mass is 28.4. The van der Waals surface area contributed by atoms with Crippen molar-refractivity contribution in [3.05, 3.63) is 171 Å². The van der Waals surface area contributed by atoms with E-state index in [0.717, 1.165) is 16.6 Å². The standard InChI is InChI=1S/C47H46N8O6Si/c1-29-43(62(2,3)60)42(23-24-52-27-40(48-51-52)36(28-56)31-11-5-4-6-12-31)61-47(29)37-25-33(55-45(58)35-14-8-10-16-39(35)50-55)21-22-41(37)53(46(47)59)26-30-17-19-32(20-18-30)54-44(57)34-13-7-9-15-38(34)49-54/h4-22,25,27,29,36,42-43,49-50,56,60H,23-24,26,28H2,1-3H3/t29-,36?,42+,43-,47+/m0/s1. The van der Waals surface area contributed by atoms with Crippen molar-refractivity contribution in [2.24, 2.45) is 5.92 Å². The van der Waals surface area contributed by atoms with Gasteiger partial charge in [0.25, 0.3) is 17.0 Å². The topological polar surface area (TPSA) is 176 Å². The summed E-state index contributed by atoms with van der Waals surface area (Å²) in [5.41, 5.74) is 4.12. The summed E-state index contributed by atoms with van der Waals surface area (Å²) in [6.45, 7) is 6.26. The number of aliphatic hydroxyl groups excluding tert-OH is 1. The third-order valence-electron chi connectivity index (χ3n) is 12.9. The lowest BCUT2D eigenvalue weighted by atomic mass is 9.82. The number of benzene rings is 5. The maximum absolute atomic E-state index is 15.4. The van der Waals surface area contributed by atoms with E-state index in [1.807, 2.05) is 135 Å². The van der Waals surface area contributed by atoms with Crippen LogP contribution < -0.4 is 16.0 Å². The number of hydrogen-bond acceptors (Lipinski definition) is 8. The van der Waals surface area contributed by atoms with Crippen LogP contribution in [-0.4, -0.2) is 71.4 Å². The van der Waals surface area contributed by atoms with Crippen molar-refractivity contribution in [1.29, 1.82) is 0 Å². The zero-order chi connectivity index (χ0) is 42.9. The molecular formula is C47H46N8O6Si. The van der Waals surface area contributed by atoms with Crippen LogP contribution in [0.2, 0.25) is 18.6 Å². The number of aromatic amines is 2. The Balaban J connectivity index is 1.01. The third kappa shape index (κ3) is 6.38. The lowest BCUT2D eigenvalue weighted by molar-refractivity contribution is -0.146. The van der Waals surface area contributed by atoms with E-state index < -0.39 is 25.9 Å². The van der Waals surface area contributed by atoms with Crippen LogP contribution in [0.3, 0.4) is 0 Å². The molecule has 1 fully saturated rings. The maximum Gasteiger partial charge on any atom is 0.279 e. The molecule has 15 heteroatoms. The molecule has 314 valence electrons. The van der Waals surface area contributed by atoms with Crippen LogP contribution >= 0.6 is 0 Å². The summed E-state index contributed by atoms with van der Waals surface area (Å²) in [5, 5.41) is 26.7. The Labute approximate surface area is 356 Å². The number of aromatic nitrogens is 7. The Morgan fingerprint density at radius 2 is 1.42 bits per heavy atom. The first kappa shape index (κ1) is 39.5. The first-order valence-electron chi connectivity index (χ1n) is 20.9. The number of ether oxygens (including phenoxy) is 1. The van der Waals surface area contributed by atoms with Crippen molar-refractivity contribution < 1.29 is 19.4 Å². The number of hydrogen-bond donors (Lipinski definition) is 4. The van der Waals surface area contributed by atoms with Crippen molar-refractivity contribution in [1.82, 2.24) is 34.6 Å². The normalized spacial score (nSPS) is 20.5. The van der Waals surface area contributed by atoms with Gasteiger partial charge in [-0.2, -0.15) is 0 Å².